The third-order valence-corrected chi connectivity index (χ3v) is 3.37. The van der Waals surface area contributed by atoms with Gasteiger partial charge in [0.05, 0.1) is 11.1 Å². The zero-order valence-corrected chi connectivity index (χ0v) is 11.3. The van der Waals surface area contributed by atoms with Crippen molar-refractivity contribution in [1.29, 1.82) is 0 Å². The van der Waals surface area contributed by atoms with E-state index in [9.17, 15) is 4.39 Å². The molecule has 3 N–H and O–H groups in total. The van der Waals surface area contributed by atoms with Gasteiger partial charge in [0.1, 0.15) is 5.82 Å². The number of benzene rings is 1. The number of hydrogen-bond acceptors (Lipinski definition) is 3. The molecule has 0 bridgehead atoms. The normalized spacial score (nSPS) is 12.4. The first-order chi connectivity index (χ1) is 9.13. The van der Waals surface area contributed by atoms with Crippen molar-refractivity contribution in [3.05, 3.63) is 64.2 Å². The predicted molar refractivity (Wildman–Crippen MR) is 74.2 cm³/mol. The largest absolute Gasteiger partial charge is 0.271 e. The van der Waals surface area contributed by atoms with Gasteiger partial charge in [-0.05, 0) is 36.6 Å². The van der Waals surface area contributed by atoms with Gasteiger partial charge in [0.15, 0.2) is 0 Å². The van der Waals surface area contributed by atoms with Crippen LogP contribution in [0.3, 0.4) is 0 Å². The van der Waals surface area contributed by atoms with Crippen LogP contribution < -0.4 is 11.3 Å². The second-order valence-electron chi connectivity index (χ2n) is 4.31. The molecule has 1 unspecified atom stereocenters. The molecule has 100 valence electrons. The summed E-state index contributed by atoms with van der Waals surface area (Å²) >= 11 is 5.78. The molecule has 0 saturated carbocycles. The van der Waals surface area contributed by atoms with Crippen molar-refractivity contribution in [2.75, 3.05) is 0 Å². The molecule has 0 aliphatic heterocycles. The number of aryl methyl sites for hydroxylation is 1. The average Bonchev–Trinajstić information content (AvgIpc) is 2.41. The Morgan fingerprint density at radius 2 is 2.16 bits per heavy atom. The number of nitrogens with one attached hydrogen (secondary N) is 1. The van der Waals surface area contributed by atoms with Crippen LogP contribution in [-0.2, 0) is 6.42 Å². The summed E-state index contributed by atoms with van der Waals surface area (Å²) in [6, 6.07) is 8.51. The van der Waals surface area contributed by atoms with Crippen LogP contribution in [0.4, 0.5) is 4.39 Å². The molecular formula is C14H15ClFN3. The topological polar surface area (TPSA) is 50.9 Å². The minimum Gasteiger partial charge on any atom is -0.271 e. The lowest BCUT2D eigenvalue weighted by Gasteiger charge is -2.18. The van der Waals surface area contributed by atoms with E-state index in [2.05, 4.69) is 10.4 Å². The van der Waals surface area contributed by atoms with Crippen LogP contribution in [0.15, 0.2) is 36.5 Å². The van der Waals surface area contributed by atoms with Crippen molar-refractivity contribution in [1.82, 2.24) is 10.4 Å². The van der Waals surface area contributed by atoms with E-state index in [0.29, 0.717) is 12.0 Å². The monoisotopic (exact) mass is 279 g/mol. The van der Waals surface area contributed by atoms with E-state index >= 15 is 0 Å². The summed E-state index contributed by atoms with van der Waals surface area (Å²) in [4.78, 5) is 4.21. The van der Waals surface area contributed by atoms with Crippen LogP contribution >= 0.6 is 11.6 Å². The predicted octanol–water partition coefficient (Wildman–Crippen LogP) is 2.93. The number of pyridine rings is 1. The molecule has 3 nitrogen and oxygen atoms in total. The lowest BCUT2D eigenvalue weighted by atomic mass is 9.98. The Bertz CT molecular complexity index is 574. The fourth-order valence-electron chi connectivity index (χ4n) is 2.05. The third kappa shape index (κ3) is 3.10. The van der Waals surface area contributed by atoms with Crippen LogP contribution in [0.1, 0.15) is 22.9 Å². The van der Waals surface area contributed by atoms with Gasteiger partial charge in [0, 0.05) is 11.9 Å². The highest BCUT2D eigenvalue weighted by molar-refractivity contribution is 6.30. The number of aromatic nitrogens is 1. The lowest BCUT2D eigenvalue weighted by molar-refractivity contribution is 0.525. The van der Waals surface area contributed by atoms with Crippen molar-refractivity contribution < 1.29 is 4.39 Å². The standard InChI is InChI=1S/C14H15ClFN3/c1-9-11(5-3-7-18-9)13(19-17)8-10-4-2-6-12(15)14(10)16/h2-7,13,19H,8,17H2,1H3. The van der Waals surface area contributed by atoms with Crippen LogP contribution in [0, 0.1) is 12.7 Å². The van der Waals surface area contributed by atoms with E-state index in [0.717, 1.165) is 11.3 Å². The first-order valence-corrected chi connectivity index (χ1v) is 6.31. The van der Waals surface area contributed by atoms with Crippen molar-refractivity contribution in [2.45, 2.75) is 19.4 Å². The summed E-state index contributed by atoms with van der Waals surface area (Å²) in [6.45, 7) is 1.90. The van der Waals surface area contributed by atoms with Gasteiger partial charge >= 0.3 is 0 Å². The number of nitrogens with zero attached hydrogens (tertiary/aromatic N) is 1. The van der Waals surface area contributed by atoms with Gasteiger partial charge < -0.3 is 0 Å². The first kappa shape index (κ1) is 13.9. The molecule has 0 radical (unpaired) electrons. The Hall–Kier alpha value is -1.49. The number of hydrazine groups is 1. The van der Waals surface area contributed by atoms with Crippen LogP contribution in [-0.4, -0.2) is 4.98 Å². The van der Waals surface area contributed by atoms with Gasteiger partial charge in [0.2, 0.25) is 0 Å². The minimum absolute atomic E-state index is 0.121. The Morgan fingerprint density at radius 3 is 2.84 bits per heavy atom. The molecule has 0 aliphatic carbocycles. The summed E-state index contributed by atoms with van der Waals surface area (Å²) < 4.78 is 13.9. The van der Waals surface area contributed by atoms with E-state index in [-0.39, 0.29) is 11.1 Å². The van der Waals surface area contributed by atoms with Crippen molar-refractivity contribution in [3.63, 3.8) is 0 Å². The molecule has 0 spiro atoms. The summed E-state index contributed by atoms with van der Waals surface area (Å²) in [6.07, 6.45) is 2.13. The van der Waals surface area contributed by atoms with Gasteiger partial charge in [-0.15, -0.1) is 0 Å². The molecule has 1 heterocycles. The van der Waals surface area contributed by atoms with Gasteiger partial charge in [-0.3, -0.25) is 16.3 Å². The summed E-state index contributed by atoms with van der Waals surface area (Å²) in [5.41, 5.74) is 5.05. The van der Waals surface area contributed by atoms with E-state index in [1.54, 1.807) is 18.3 Å². The molecular weight excluding hydrogens is 265 g/mol. The van der Waals surface area contributed by atoms with Crippen LogP contribution in [0.5, 0.6) is 0 Å². The third-order valence-electron chi connectivity index (χ3n) is 3.08. The smallest absolute Gasteiger partial charge is 0.145 e. The van der Waals surface area contributed by atoms with Gasteiger partial charge in [0.25, 0.3) is 0 Å². The second kappa shape index (κ2) is 6.10. The number of halogens is 2. The Balaban J connectivity index is 2.30. The lowest BCUT2D eigenvalue weighted by Crippen LogP contribution is -2.30. The fourth-order valence-corrected chi connectivity index (χ4v) is 2.24. The summed E-state index contributed by atoms with van der Waals surface area (Å²) in [5, 5.41) is 0.121. The second-order valence-corrected chi connectivity index (χ2v) is 4.72. The molecule has 2 rings (SSSR count). The zero-order valence-electron chi connectivity index (χ0n) is 10.5. The molecule has 0 aliphatic rings. The molecule has 0 fully saturated rings. The average molecular weight is 280 g/mol. The SMILES string of the molecule is Cc1ncccc1C(Cc1cccc(Cl)c1F)NN. The zero-order chi connectivity index (χ0) is 13.8. The summed E-state index contributed by atoms with van der Waals surface area (Å²) in [7, 11) is 0. The van der Waals surface area contributed by atoms with E-state index in [1.165, 1.54) is 6.07 Å². The highest BCUT2D eigenvalue weighted by Gasteiger charge is 2.16. The minimum atomic E-state index is -0.397. The maximum absolute atomic E-state index is 13.9. The first-order valence-electron chi connectivity index (χ1n) is 5.94. The molecule has 2 aromatic rings. The van der Waals surface area contributed by atoms with Gasteiger partial charge in [-0.25, -0.2) is 4.39 Å². The molecule has 1 atom stereocenters. The van der Waals surface area contributed by atoms with E-state index < -0.39 is 5.82 Å². The Labute approximate surface area is 116 Å². The van der Waals surface area contributed by atoms with Gasteiger partial charge in [-0.1, -0.05) is 29.8 Å². The number of nitrogens with two attached hydrogens (primary N) is 1. The van der Waals surface area contributed by atoms with Gasteiger partial charge in [-0.2, -0.15) is 0 Å². The number of rotatable bonds is 4. The highest BCUT2D eigenvalue weighted by Crippen LogP contribution is 2.24. The quantitative estimate of drug-likeness (QED) is 0.668. The maximum Gasteiger partial charge on any atom is 0.145 e. The molecule has 0 saturated heterocycles. The highest BCUT2D eigenvalue weighted by atomic mass is 35.5. The molecule has 0 amide bonds. The van der Waals surface area contributed by atoms with Crippen molar-refractivity contribution in [2.24, 2.45) is 5.84 Å². The van der Waals surface area contributed by atoms with Crippen molar-refractivity contribution in [3.8, 4) is 0 Å². The molecule has 5 heteroatoms. The van der Waals surface area contributed by atoms with E-state index in [1.807, 2.05) is 19.1 Å². The maximum atomic E-state index is 13.9. The van der Waals surface area contributed by atoms with E-state index in [4.69, 9.17) is 17.4 Å². The fraction of sp³-hybridized carbons (Fsp3) is 0.214. The number of hydrogen-bond donors (Lipinski definition) is 2. The van der Waals surface area contributed by atoms with Crippen LogP contribution in [0.2, 0.25) is 5.02 Å². The van der Waals surface area contributed by atoms with Crippen LogP contribution in [0.25, 0.3) is 0 Å². The Kier molecular flexibility index (Phi) is 4.47. The Morgan fingerprint density at radius 1 is 1.37 bits per heavy atom. The molecule has 1 aromatic carbocycles. The summed E-state index contributed by atoms with van der Waals surface area (Å²) in [5.74, 6) is 5.18. The molecule has 19 heavy (non-hydrogen) atoms. The van der Waals surface area contributed by atoms with Crippen molar-refractivity contribution >= 4 is 11.6 Å². The molecule has 1 aromatic heterocycles.